The molecule has 1 amide bonds. The normalized spacial score (nSPS) is 14.9. The van der Waals surface area contributed by atoms with Crippen molar-refractivity contribution in [2.24, 2.45) is 5.41 Å². The number of nitrogens with one attached hydrogen (secondary N) is 1. The molecule has 1 aromatic carbocycles. The Labute approximate surface area is 144 Å². The molecule has 25 heavy (non-hydrogen) atoms. The molecule has 0 bridgehead atoms. The molecule has 1 aliphatic rings. The second kappa shape index (κ2) is 7.47. The molecule has 9 nitrogen and oxygen atoms in total. The molecular weight excluding hydrogens is 330 g/mol. The molecule has 1 saturated heterocycles. The zero-order chi connectivity index (χ0) is 18.6. The van der Waals surface area contributed by atoms with Crippen molar-refractivity contribution in [1.29, 1.82) is 0 Å². The first-order valence-corrected chi connectivity index (χ1v) is 7.86. The van der Waals surface area contributed by atoms with E-state index in [1.54, 1.807) is 4.90 Å². The minimum Gasteiger partial charge on any atom is -0.481 e. The van der Waals surface area contributed by atoms with E-state index >= 15 is 0 Å². The summed E-state index contributed by atoms with van der Waals surface area (Å²) in [5.74, 6) is -1.58. The fourth-order valence-corrected chi connectivity index (χ4v) is 2.45. The maximum absolute atomic E-state index is 12.6. The zero-order valence-electron chi connectivity index (χ0n) is 14.2. The molecule has 2 N–H and O–H groups in total. The van der Waals surface area contributed by atoms with Gasteiger partial charge in [0.2, 0.25) is 0 Å². The van der Waals surface area contributed by atoms with Crippen LogP contribution in [0.2, 0.25) is 0 Å². The molecule has 0 aromatic heterocycles. The first kappa shape index (κ1) is 18.7. The average Bonchev–Trinajstić information content (AvgIpc) is 2.59. The van der Waals surface area contributed by atoms with Gasteiger partial charge in [0.05, 0.1) is 29.1 Å². The van der Waals surface area contributed by atoms with E-state index < -0.39 is 22.2 Å². The predicted octanol–water partition coefficient (Wildman–Crippen LogP) is 1.27. The van der Waals surface area contributed by atoms with Crippen molar-refractivity contribution in [2.45, 2.75) is 13.8 Å². The largest absolute Gasteiger partial charge is 0.481 e. The van der Waals surface area contributed by atoms with Crippen LogP contribution in [-0.4, -0.2) is 54.8 Å². The van der Waals surface area contributed by atoms with E-state index in [1.807, 2.05) is 0 Å². The molecule has 0 atom stereocenters. The summed E-state index contributed by atoms with van der Waals surface area (Å²) in [6.45, 7) is 4.60. The molecule has 2 rings (SSSR count). The van der Waals surface area contributed by atoms with Crippen molar-refractivity contribution in [3.63, 3.8) is 0 Å². The molecule has 1 aliphatic heterocycles. The van der Waals surface area contributed by atoms with E-state index in [4.69, 9.17) is 9.84 Å². The molecule has 1 fully saturated rings. The number of nitro groups is 1. The minimum absolute atomic E-state index is 0.0909. The second-order valence-corrected chi connectivity index (χ2v) is 6.40. The first-order chi connectivity index (χ1) is 11.7. The van der Waals surface area contributed by atoms with Crippen LogP contribution in [0.3, 0.4) is 0 Å². The van der Waals surface area contributed by atoms with Gasteiger partial charge in [0, 0.05) is 25.7 Å². The number of carboxylic acid groups (broad SMARTS) is 1. The smallest absolute Gasteiger partial charge is 0.310 e. The number of benzene rings is 1. The summed E-state index contributed by atoms with van der Waals surface area (Å²) in [6.07, 6.45) is 0. The van der Waals surface area contributed by atoms with Gasteiger partial charge >= 0.3 is 5.97 Å². The van der Waals surface area contributed by atoms with Gasteiger partial charge in [-0.05, 0) is 19.9 Å². The summed E-state index contributed by atoms with van der Waals surface area (Å²) in [7, 11) is 0. The third-order valence-electron chi connectivity index (χ3n) is 4.05. The van der Waals surface area contributed by atoms with Gasteiger partial charge in [0.25, 0.3) is 11.6 Å². The van der Waals surface area contributed by atoms with Crippen LogP contribution in [0.1, 0.15) is 24.2 Å². The lowest BCUT2D eigenvalue weighted by Gasteiger charge is -2.30. The first-order valence-electron chi connectivity index (χ1n) is 7.86. The maximum Gasteiger partial charge on any atom is 0.310 e. The number of carbonyl (C=O) groups excluding carboxylic acids is 1. The quantitative estimate of drug-likeness (QED) is 0.584. The fraction of sp³-hybridized carbons (Fsp3) is 0.500. The van der Waals surface area contributed by atoms with Crippen molar-refractivity contribution in [3.8, 4) is 0 Å². The van der Waals surface area contributed by atoms with Gasteiger partial charge < -0.3 is 20.1 Å². The van der Waals surface area contributed by atoms with E-state index in [9.17, 15) is 19.7 Å². The van der Waals surface area contributed by atoms with Crippen molar-refractivity contribution < 1.29 is 24.4 Å². The number of nitro benzene ring substituents is 1. The van der Waals surface area contributed by atoms with Crippen molar-refractivity contribution in [3.05, 3.63) is 33.9 Å². The van der Waals surface area contributed by atoms with Crippen LogP contribution in [0.15, 0.2) is 18.2 Å². The van der Waals surface area contributed by atoms with Crippen LogP contribution in [0.4, 0.5) is 11.4 Å². The molecule has 136 valence electrons. The van der Waals surface area contributed by atoms with Crippen LogP contribution in [0, 0.1) is 15.5 Å². The Morgan fingerprint density at radius 3 is 2.56 bits per heavy atom. The van der Waals surface area contributed by atoms with Gasteiger partial charge in [-0.3, -0.25) is 19.7 Å². The van der Waals surface area contributed by atoms with E-state index in [2.05, 4.69) is 5.32 Å². The lowest BCUT2D eigenvalue weighted by Crippen LogP contribution is -2.41. The summed E-state index contributed by atoms with van der Waals surface area (Å²) in [4.78, 5) is 36.3. The van der Waals surface area contributed by atoms with Gasteiger partial charge in [-0.1, -0.05) is 6.07 Å². The van der Waals surface area contributed by atoms with Gasteiger partial charge in [-0.15, -0.1) is 0 Å². The van der Waals surface area contributed by atoms with Gasteiger partial charge in [0.15, 0.2) is 0 Å². The van der Waals surface area contributed by atoms with Crippen LogP contribution in [-0.2, 0) is 9.53 Å². The second-order valence-electron chi connectivity index (χ2n) is 6.40. The van der Waals surface area contributed by atoms with Crippen molar-refractivity contribution in [1.82, 2.24) is 5.32 Å². The number of aliphatic carboxylic acids is 1. The number of hydrogen-bond donors (Lipinski definition) is 2. The Kier molecular flexibility index (Phi) is 5.58. The maximum atomic E-state index is 12.6. The number of hydrogen-bond acceptors (Lipinski definition) is 6. The zero-order valence-corrected chi connectivity index (χ0v) is 14.2. The molecule has 0 spiro atoms. The van der Waals surface area contributed by atoms with E-state index in [1.165, 1.54) is 32.0 Å². The highest BCUT2D eigenvalue weighted by molar-refractivity contribution is 6.02. The molecule has 0 aliphatic carbocycles. The Bertz CT molecular complexity index is 682. The predicted molar refractivity (Wildman–Crippen MR) is 89.9 cm³/mol. The van der Waals surface area contributed by atoms with Crippen molar-refractivity contribution in [2.75, 3.05) is 37.7 Å². The number of carbonyl (C=O) groups is 2. The summed E-state index contributed by atoms with van der Waals surface area (Å²) in [5, 5.41) is 23.1. The molecular formula is C16H21N3O6. The molecule has 0 saturated carbocycles. The third kappa shape index (κ3) is 4.24. The Morgan fingerprint density at radius 2 is 2.00 bits per heavy atom. The van der Waals surface area contributed by atoms with E-state index in [-0.39, 0.29) is 23.5 Å². The monoisotopic (exact) mass is 351 g/mol. The Morgan fingerprint density at radius 1 is 1.36 bits per heavy atom. The number of rotatable bonds is 6. The fourth-order valence-electron chi connectivity index (χ4n) is 2.45. The SMILES string of the molecule is CC(C)(CNC(=O)c1cccc([N+](=O)[O-])c1N1CCOCC1)C(=O)O. The van der Waals surface area contributed by atoms with Crippen LogP contribution in [0.5, 0.6) is 0 Å². The highest BCUT2D eigenvalue weighted by Crippen LogP contribution is 2.32. The number of amides is 1. The lowest BCUT2D eigenvalue weighted by atomic mass is 9.94. The van der Waals surface area contributed by atoms with Gasteiger partial charge in [0.1, 0.15) is 5.69 Å². The Balaban J connectivity index is 2.33. The number of anilines is 1. The highest BCUT2D eigenvalue weighted by atomic mass is 16.6. The summed E-state index contributed by atoms with van der Waals surface area (Å²) < 4.78 is 5.26. The molecule has 9 heteroatoms. The number of morpholine rings is 1. The summed E-state index contributed by atoms with van der Waals surface area (Å²) in [5.41, 5.74) is -0.916. The average molecular weight is 351 g/mol. The minimum atomic E-state index is -1.14. The number of nitrogens with zero attached hydrogens (tertiary/aromatic N) is 2. The Hall–Kier alpha value is -2.68. The highest BCUT2D eigenvalue weighted by Gasteiger charge is 2.30. The molecule has 0 unspecified atom stereocenters. The number of ether oxygens (including phenoxy) is 1. The number of carboxylic acids is 1. The van der Waals surface area contributed by atoms with E-state index in [0.717, 1.165) is 0 Å². The molecule has 1 aromatic rings. The van der Waals surface area contributed by atoms with E-state index in [0.29, 0.717) is 26.3 Å². The topological polar surface area (TPSA) is 122 Å². The third-order valence-corrected chi connectivity index (χ3v) is 4.05. The van der Waals surface area contributed by atoms with Gasteiger partial charge in [-0.25, -0.2) is 0 Å². The van der Waals surface area contributed by atoms with Crippen molar-refractivity contribution >= 4 is 23.3 Å². The van der Waals surface area contributed by atoms with Crippen LogP contribution >= 0.6 is 0 Å². The summed E-state index contributed by atoms with van der Waals surface area (Å²) in [6, 6.07) is 4.29. The number of para-hydroxylation sites is 1. The van der Waals surface area contributed by atoms with Crippen LogP contribution < -0.4 is 10.2 Å². The molecule has 1 heterocycles. The lowest BCUT2D eigenvalue weighted by molar-refractivity contribution is -0.384. The van der Waals surface area contributed by atoms with Crippen LogP contribution in [0.25, 0.3) is 0 Å². The van der Waals surface area contributed by atoms with Gasteiger partial charge in [-0.2, -0.15) is 0 Å². The molecule has 0 radical (unpaired) electrons. The standard InChI is InChI=1S/C16H21N3O6/c1-16(2,15(21)22)10-17-14(20)11-4-3-5-12(19(23)24)13(11)18-6-8-25-9-7-18/h3-5H,6-10H2,1-2H3,(H,17,20)(H,21,22). The summed E-state index contributed by atoms with van der Waals surface area (Å²) >= 11 is 0.